The summed E-state index contributed by atoms with van der Waals surface area (Å²) in [7, 11) is -2.43. The normalized spacial score (nSPS) is 11.5. The number of halogens is 1. The van der Waals surface area contributed by atoms with Gasteiger partial charge in [0, 0.05) is 12.6 Å². The van der Waals surface area contributed by atoms with Crippen molar-refractivity contribution in [1.82, 2.24) is 24.7 Å². The van der Waals surface area contributed by atoms with Crippen LogP contribution < -0.4 is 4.72 Å². The second kappa shape index (κ2) is 6.69. The van der Waals surface area contributed by atoms with Crippen molar-refractivity contribution in [1.29, 1.82) is 0 Å². The first kappa shape index (κ1) is 18.3. The van der Waals surface area contributed by atoms with Gasteiger partial charge in [-0.1, -0.05) is 30.3 Å². The van der Waals surface area contributed by atoms with E-state index in [1.807, 2.05) is 30.3 Å². The quantitative estimate of drug-likeness (QED) is 0.650. The average Bonchev–Trinajstić information content (AvgIpc) is 3.08. The smallest absolute Gasteiger partial charge is 0.271 e. The molecule has 2 aromatic heterocycles. The first-order valence-corrected chi connectivity index (χ1v) is 9.86. The zero-order chi connectivity index (χ0) is 19.1. The molecule has 3 aromatic rings. The van der Waals surface area contributed by atoms with Gasteiger partial charge in [-0.05, 0) is 29.8 Å². The summed E-state index contributed by atoms with van der Waals surface area (Å²) < 4.78 is 29.2. The number of benzene rings is 1. The van der Waals surface area contributed by atoms with Gasteiger partial charge in [0.05, 0.1) is 15.9 Å². The molecule has 2 heterocycles. The van der Waals surface area contributed by atoms with E-state index in [9.17, 15) is 13.2 Å². The van der Waals surface area contributed by atoms with Crippen LogP contribution in [0.2, 0.25) is 0 Å². The van der Waals surface area contributed by atoms with Gasteiger partial charge >= 0.3 is 0 Å². The number of amides is 1. The Morgan fingerprint density at radius 3 is 2.46 bits per heavy atom. The van der Waals surface area contributed by atoms with Crippen molar-refractivity contribution in [2.75, 3.05) is 0 Å². The highest BCUT2D eigenvalue weighted by Crippen LogP contribution is 2.29. The molecule has 8 nitrogen and oxygen atoms in total. The molecule has 3 rings (SSSR count). The SMILES string of the molecule is Cc1nn(C)c(C)c1S(=O)(=O)NC(=O)c1[nH]nc(-c2ccccc2)c1Br. The van der Waals surface area contributed by atoms with Crippen molar-refractivity contribution in [3.05, 3.63) is 51.9 Å². The van der Waals surface area contributed by atoms with Gasteiger partial charge in [0.2, 0.25) is 0 Å². The van der Waals surface area contributed by atoms with Gasteiger partial charge in [-0.15, -0.1) is 0 Å². The molecule has 1 amide bonds. The van der Waals surface area contributed by atoms with Gasteiger partial charge in [0.1, 0.15) is 16.3 Å². The number of carbonyl (C=O) groups excluding carboxylic acids is 1. The summed E-state index contributed by atoms with van der Waals surface area (Å²) in [5.41, 5.74) is 2.08. The molecule has 0 unspecified atom stereocenters. The van der Waals surface area contributed by atoms with Crippen LogP contribution in [0.25, 0.3) is 11.3 Å². The second-order valence-electron chi connectivity index (χ2n) is 5.69. The maximum atomic E-state index is 12.6. The van der Waals surface area contributed by atoms with E-state index in [0.29, 0.717) is 21.6 Å². The number of nitrogens with zero attached hydrogens (tertiary/aromatic N) is 3. The van der Waals surface area contributed by atoms with Crippen molar-refractivity contribution in [3.63, 3.8) is 0 Å². The van der Waals surface area contributed by atoms with E-state index in [1.54, 1.807) is 20.9 Å². The van der Waals surface area contributed by atoms with Gasteiger partial charge in [-0.3, -0.25) is 14.6 Å². The summed E-state index contributed by atoms with van der Waals surface area (Å²) in [6.07, 6.45) is 0. The lowest BCUT2D eigenvalue weighted by molar-refractivity contribution is 0.0976. The van der Waals surface area contributed by atoms with Crippen LogP contribution in [0.4, 0.5) is 0 Å². The van der Waals surface area contributed by atoms with Crippen LogP contribution in [0, 0.1) is 13.8 Å². The summed E-state index contributed by atoms with van der Waals surface area (Å²) >= 11 is 3.32. The fourth-order valence-electron chi connectivity index (χ4n) is 2.63. The Balaban J connectivity index is 1.93. The third-order valence-corrected chi connectivity index (χ3v) is 6.27. The van der Waals surface area contributed by atoms with Crippen molar-refractivity contribution in [2.45, 2.75) is 18.7 Å². The number of rotatable bonds is 4. The Hall–Kier alpha value is -2.46. The number of aromatic amines is 1. The number of sulfonamides is 1. The minimum atomic E-state index is -4.07. The van der Waals surface area contributed by atoms with Gasteiger partial charge in [0.15, 0.2) is 0 Å². The number of hydrogen-bond donors (Lipinski definition) is 2. The summed E-state index contributed by atoms with van der Waals surface area (Å²) in [5.74, 6) is -0.811. The highest BCUT2D eigenvalue weighted by atomic mass is 79.9. The highest BCUT2D eigenvalue weighted by Gasteiger charge is 2.28. The fraction of sp³-hybridized carbons (Fsp3) is 0.188. The van der Waals surface area contributed by atoms with Crippen LogP contribution in [0.5, 0.6) is 0 Å². The lowest BCUT2D eigenvalue weighted by atomic mass is 10.1. The van der Waals surface area contributed by atoms with E-state index in [2.05, 4.69) is 35.9 Å². The van der Waals surface area contributed by atoms with Crippen molar-refractivity contribution in [2.24, 2.45) is 7.05 Å². The van der Waals surface area contributed by atoms with Gasteiger partial charge in [0.25, 0.3) is 15.9 Å². The number of aryl methyl sites for hydroxylation is 2. The lowest BCUT2D eigenvalue weighted by Crippen LogP contribution is -2.31. The minimum absolute atomic E-state index is 0.00716. The van der Waals surface area contributed by atoms with Crippen molar-refractivity contribution >= 4 is 31.9 Å². The standard InChI is InChI=1S/C16H16BrN5O3S/c1-9-15(10(2)22(3)20-9)26(24,25)21-16(23)14-12(17)13(18-19-14)11-7-5-4-6-8-11/h4-8H,1-3H3,(H,18,19)(H,21,23). The molecule has 0 radical (unpaired) electrons. The zero-order valence-electron chi connectivity index (χ0n) is 14.2. The largest absolute Gasteiger partial charge is 0.284 e. The van der Waals surface area contributed by atoms with E-state index in [0.717, 1.165) is 5.56 Å². The Morgan fingerprint density at radius 1 is 1.23 bits per heavy atom. The second-order valence-corrected chi connectivity index (χ2v) is 8.10. The molecule has 26 heavy (non-hydrogen) atoms. The summed E-state index contributed by atoms with van der Waals surface area (Å²) in [6, 6.07) is 9.22. The molecule has 0 saturated carbocycles. The summed E-state index contributed by atoms with van der Waals surface area (Å²) in [5, 5.41) is 10.8. The van der Waals surface area contributed by atoms with E-state index >= 15 is 0 Å². The molecule has 0 aliphatic heterocycles. The molecule has 10 heteroatoms. The van der Waals surface area contributed by atoms with Crippen LogP contribution in [0.3, 0.4) is 0 Å². The van der Waals surface area contributed by atoms with Gasteiger partial charge in [-0.25, -0.2) is 13.1 Å². The predicted molar refractivity (Wildman–Crippen MR) is 99.1 cm³/mol. The molecular weight excluding hydrogens is 422 g/mol. The third kappa shape index (κ3) is 3.17. The van der Waals surface area contributed by atoms with Crippen molar-refractivity contribution in [3.8, 4) is 11.3 Å². The topological polar surface area (TPSA) is 110 Å². The monoisotopic (exact) mass is 437 g/mol. The molecule has 0 bridgehead atoms. The molecule has 1 aromatic carbocycles. The number of nitrogens with one attached hydrogen (secondary N) is 2. The van der Waals surface area contributed by atoms with Crippen LogP contribution >= 0.6 is 15.9 Å². The molecule has 136 valence electrons. The highest BCUT2D eigenvalue weighted by molar-refractivity contribution is 9.10. The van der Waals surface area contributed by atoms with Crippen molar-refractivity contribution < 1.29 is 13.2 Å². The van der Waals surface area contributed by atoms with Crippen LogP contribution in [0.15, 0.2) is 39.7 Å². The van der Waals surface area contributed by atoms with Gasteiger partial charge < -0.3 is 0 Å². The minimum Gasteiger partial charge on any atom is -0.271 e. The molecule has 2 N–H and O–H groups in total. The Labute approximate surface area is 158 Å². The first-order chi connectivity index (χ1) is 12.2. The number of carbonyl (C=O) groups is 1. The fourth-order valence-corrected chi connectivity index (χ4v) is 4.62. The average molecular weight is 438 g/mol. The van der Waals surface area contributed by atoms with E-state index in [4.69, 9.17) is 0 Å². The zero-order valence-corrected chi connectivity index (χ0v) is 16.6. The van der Waals surface area contributed by atoms with Crippen LogP contribution in [-0.2, 0) is 17.1 Å². The Kier molecular flexibility index (Phi) is 4.72. The lowest BCUT2D eigenvalue weighted by Gasteiger charge is -2.06. The Bertz CT molecular complexity index is 1090. The van der Waals surface area contributed by atoms with E-state index in [1.165, 1.54) is 4.68 Å². The number of aromatic nitrogens is 4. The van der Waals surface area contributed by atoms with E-state index in [-0.39, 0.29) is 10.6 Å². The summed E-state index contributed by atoms with van der Waals surface area (Å²) in [6.45, 7) is 3.20. The molecule has 0 atom stereocenters. The van der Waals surface area contributed by atoms with Gasteiger partial charge in [-0.2, -0.15) is 10.2 Å². The molecular formula is C16H16BrN5O3S. The predicted octanol–water partition coefficient (Wildman–Crippen LogP) is 2.31. The maximum Gasteiger partial charge on any atom is 0.284 e. The number of hydrogen-bond acceptors (Lipinski definition) is 5. The third-order valence-electron chi connectivity index (χ3n) is 3.92. The molecule has 0 spiro atoms. The molecule has 0 saturated heterocycles. The Morgan fingerprint density at radius 2 is 1.88 bits per heavy atom. The molecule has 0 fully saturated rings. The maximum absolute atomic E-state index is 12.6. The van der Waals surface area contributed by atoms with Crippen LogP contribution in [0.1, 0.15) is 21.9 Å². The molecule has 0 aliphatic carbocycles. The van der Waals surface area contributed by atoms with E-state index < -0.39 is 15.9 Å². The van der Waals surface area contributed by atoms with Crippen LogP contribution in [-0.4, -0.2) is 34.3 Å². The first-order valence-electron chi connectivity index (χ1n) is 7.59. The molecule has 0 aliphatic rings. The number of H-pyrrole nitrogens is 1. The summed E-state index contributed by atoms with van der Waals surface area (Å²) in [4.78, 5) is 12.5.